The van der Waals surface area contributed by atoms with Crippen LogP contribution in [0.5, 0.6) is 5.75 Å². The summed E-state index contributed by atoms with van der Waals surface area (Å²) in [4.78, 5) is 15.7. The van der Waals surface area contributed by atoms with Gasteiger partial charge in [-0.25, -0.2) is 9.78 Å². The van der Waals surface area contributed by atoms with E-state index in [2.05, 4.69) is 4.98 Å². The third-order valence-electron chi connectivity index (χ3n) is 3.06. The third kappa shape index (κ3) is 2.87. The summed E-state index contributed by atoms with van der Waals surface area (Å²) in [5.74, 6) is -0.615. The van der Waals surface area contributed by atoms with Crippen LogP contribution in [0, 0.1) is 6.92 Å². The average molecular weight is 299 g/mol. The molecule has 0 fully saturated rings. The van der Waals surface area contributed by atoms with Crippen molar-refractivity contribution in [3.8, 4) is 5.75 Å². The number of aryl methyl sites for hydroxylation is 1. The topological polar surface area (TPSA) is 59.4 Å². The average Bonchev–Trinajstić information content (AvgIpc) is 2.87. The van der Waals surface area contributed by atoms with Crippen molar-refractivity contribution < 1.29 is 14.6 Å². The van der Waals surface area contributed by atoms with E-state index in [1.54, 1.807) is 29.5 Å². The fraction of sp³-hybridized carbons (Fsp3) is 0.125. The van der Waals surface area contributed by atoms with Crippen molar-refractivity contribution in [2.24, 2.45) is 0 Å². The minimum atomic E-state index is -0.991. The molecule has 4 nitrogen and oxygen atoms in total. The Morgan fingerprint density at radius 2 is 2.10 bits per heavy atom. The van der Waals surface area contributed by atoms with Crippen LogP contribution in [0.1, 0.15) is 20.9 Å². The summed E-state index contributed by atoms with van der Waals surface area (Å²) in [7, 11) is 0. The van der Waals surface area contributed by atoms with E-state index in [1.807, 2.05) is 31.2 Å². The molecule has 21 heavy (non-hydrogen) atoms. The fourth-order valence-electron chi connectivity index (χ4n) is 2.05. The van der Waals surface area contributed by atoms with Crippen LogP contribution < -0.4 is 4.74 Å². The number of ether oxygens (including phenoxy) is 1. The molecule has 0 saturated carbocycles. The minimum absolute atomic E-state index is 0.168. The van der Waals surface area contributed by atoms with E-state index in [1.165, 1.54) is 0 Å². The first-order chi connectivity index (χ1) is 10.1. The highest BCUT2D eigenvalue weighted by atomic mass is 32.1. The van der Waals surface area contributed by atoms with Gasteiger partial charge in [-0.15, -0.1) is 11.3 Å². The molecule has 2 aromatic carbocycles. The Bertz CT molecular complexity index is 777. The molecule has 3 rings (SSSR count). The molecule has 0 unspecified atom stereocenters. The van der Waals surface area contributed by atoms with Gasteiger partial charge in [-0.05, 0) is 36.8 Å². The fourth-order valence-corrected chi connectivity index (χ4v) is 2.93. The number of hydrogen-bond donors (Lipinski definition) is 1. The van der Waals surface area contributed by atoms with Crippen molar-refractivity contribution in [3.63, 3.8) is 0 Å². The standard InChI is InChI=1S/C16H13NO3S/c1-10-6-7-11(16(18)19)13(8-10)20-9-15-17-12-4-2-3-5-14(12)21-15/h2-8H,9H2,1H3,(H,18,19). The number of carboxylic acid groups (broad SMARTS) is 1. The van der Waals surface area contributed by atoms with Gasteiger partial charge in [0.05, 0.1) is 10.2 Å². The van der Waals surface area contributed by atoms with E-state index in [4.69, 9.17) is 4.74 Å². The van der Waals surface area contributed by atoms with Crippen molar-refractivity contribution in [3.05, 3.63) is 58.6 Å². The molecule has 1 heterocycles. The molecule has 0 aliphatic carbocycles. The minimum Gasteiger partial charge on any atom is -0.486 e. The molecule has 0 bridgehead atoms. The van der Waals surface area contributed by atoms with Gasteiger partial charge in [0.15, 0.2) is 0 Å². The van der Waals surface area contributed by atoms with Crippen LogP contribution in [0.2, 0.25) is 0 Å². The van der Waals surface area contributed by atoms with Crippen molar-refractivity contribution in [1.29, 1.82) is 0 Å². The van der Waals surface area contributed by atoms with Gasteiger partial charge in [-0.2, -0.15) is 0 Å². The first-order valence-electron chi connectivity index (χ1n) is 6.44. The maximum absolute atomic E-state index is 11.2. The number of carbonyl (C=O) groups is 1. The number of hydrogen-bond acceptors (Lipinski definition) is 4. The zero-order chi connectivity index (χ0) is 14.8. The van der Waals surface area contributed by atoms with Gasteiger partial charge in [0.1, 0.15) is 22.9 Å². The van der Waals surface area contributed by atoms with Gasteiger partial charge in [0.2, 0.25) is 0 Å². The van der Waals surface area contributed by atoms with E-state index in [0.717, 1.165) is 20.8 Å². The molecule has 0 saturated heterocycles. The number of rotatable bonds is 4. The van der Waals surface area contributed by atoms with Crippen LogP contribution in [0.15, 0.2) is 42.5 Å². The normalized spacial score (nSPS) is 10.7. The van der Waals surface area contributed by atoms with Gasteiger partial charge in [-0.3, -0.25) is 0 Å². The zero-order valence-corrected chi connectivity index (χ0v) is 12.2. The van der Waals surface area contributed by atoms with E-state index in [-0.39, 0.29) is 12.2 Å². The number of carboxylic acids is 1. The summed E-state index contributed by atoms with van der Waals surface area (Å²) in [5, 5.41) is 10.0. The van der Waals surface area contributed by atoms with Gasteiger partial charge >= 0.3 is 5.97 Å². The monoisotopic (exact) mass is 299 g/mol. The Balaban J connectivity index is 1.84. The highest BCUT2D eigenvalue weighted by molar-refractivity contribution is 7.18. The smallest absolute Gasteiger partial charge is 0.339 e. The lowest BCUT2D eigenvalue weighted by Gasteiger charge is -2.08. The number of nitrogens with zero attached hydrogens (tertiary/aromatic N) is 1. The Labute approximate surface area is 125 Å². The molecule has 0 amide bonds. The second-order valence-electron chi connectivity index (χ2n) is 4.67. The molecule has 5 heteroatoms. The van der Waals surface area contributed by atoms with E-state index in [0.29, 0.717) is 5.75 Å². The molecule has 1 N–H and O–H groups in total. The molecule has 3 aromatic rings. The molecule has 0 radical (unpaired) electrons. The number of para-hydroxylation sites is 1. The summed E-state index contributed by atoms with van der Waals surface area (Å²) in [6.07, 6.45) is 0. The molecule has 0 spiro atoms. The Morgan fingerprint density at radius 3 is 2.86 bits per heavy atom. The molecule has 0 atom stereocenters. The lowest BCUT2D eigenvalue weighted by Crippen LogP contribution is -2.03. The molecule has 0 aliphatic heterocycles. The van der Waals surface area contributed by atoms with Gasteiger partial charge in [0, 0.05) is 0 Å². The lowest BCUT2D eigenvalue weighted by molar-refractivity contribution is 0.0691. The SMILES string of the molecule is Cc1ccc(C(=O)O)c(OCc2nc3ccccc3s2)c1. The first kappa shape index (κ1) is 13.6. The highest BCUT2D eigenvalue weighted by Gasteiger charge is 2.12. The predicted octanol–water partition coefficient (Wildman–Crippen LogP) is 3.88. The van der Waals surface area contributed by atoms with E-state index in [9.17, 15) is 9.90 Å². The summed E-state index contributed by atoms with van der Waals surface area (Å²) in [5.41, 5.74) is 2.06. The number of thiazole rings is 1. The van der Waals surface area contributed by atoms with Crippen molar-refractivity contribution >= 4 is 27.5 Å². The van der Waals surface area contributed by atoms with Crippen LogP contribution in [0.3, 0.4) is 0 Å². The van der Waals surface area contributed by atoms with Gasteiger partial charge in [0.25, 0.3) is 0 Å². The van der Waals surface area contributed by atoms with Crippen molar-refractivity contribution in [1.82, 2.24) is 4.98 Å². The number of aromatic nitrogens is 1. The van der Waals surface area contributed by atoms with Crippen LogP contribution in [0.25, 0.3) is 10.2 Å². The van der Waals surface area contributed by atoms with E-state index >= 15 is 0 Å². The molecule has 106 valence electrons. The quantitative estimate of drug-likeness (QED) is 0.794. The number of benzene rings is 2. The van der Waals surface area contributed by atoms with Crippen molar-refractivity contribution in [2.75, 3.05) is 0 Å². The van der Waals surface area contributed by atoms with Gasteiger partial charge in [-0.1, -0.05) is 18.2 Å². The van der Waals surface area contributed by atoms with Crippen LogP contribution >= 0.6 is 11.3 Å². The molecular weight excluding hydrogens is 286 g/mol. The number of aromatic carboxylic acids is 1. The first-order valence-corrected chi connectivity index (χ1v) is 7.26. The largest absolute Gasteiger partial charge is 0.486 e. The summed E-state index contributed by atoms with van der Waals surface area (Å²) < 4.78 is 6.76. The molecule has 1 aromatic heterocycles. The predicted molar refractivity (Wildman–Crippen MR) is 82.1 cm³/mol. The van der Waals surface area contributed by atoms with Crippen molar-refractivity contribution in [2.45, 2.75) is 13.5 Å². The van der Waals surface area contributed by atoms with Crippen LogP contribution in [0.4, 0.5) is 0 Å². The lowest BCUT2D eigenvalue weighted by atomic mass is 10.1. The maximum atomic E-state index is 11.2. The number of fused-ring (bicyclic) bond motifs is 1. The summed E-state index contributed by atoms with van der Waals surface area (Å²) in [6.45, 7) is 2.17. The van der Waals surface area contributed by atoms with E-state index < -0.39 is 5.97 Å². The molecular formula is C16H13NO3S. The highest BCUT2D eigenvalue weighted by Crippen LogP contribution is 2.25. The summed E-state index contributed by atoms with van der Waals surface area (Å²) in [6, 6.07) is 12.9. The van der Waals surface area contributed by atoms with Gasteiger partial charge < -0.3 is 9.84 Å². The van der Waals surface area contributed by atoms with Crippen LogP contribution in [-0.4, -0.2) is 16.1 Å². The Morgan fingerprint density at radius 1 is 1.29 bits per heavy atom. The Kier molecular flexibility index (Phi) is 3.58. The second-order valence-corrected chi connectivity index (χ2v) is 5.78. The van der Waals surface area contributed by atoms with Crippen LogP contribution in [-0.2, 0) is 6.61 Å². The second kappa shape index (κ2) is 5.54. The maximum Gasteiger partial charge on any atom is 0.339 e. The zero-order valence-electron chi connectivity index (χ0n) is 11.4. The molecule has 0 aliphatic rings. The Hall–Kier alpha value is -2.40. The third-order valence-corrected chi connectivity index (χ3v) is 4.07. The summed E-state index contributed by atoms with van der Waals surface area (Å²) >= 11 is 1.55.